The molecule has 1 aliphatic rings. The molecule has 2 rings (SSSR count). The first-order valence-corrected chi connectivity index (χ1v) is 6.88. The summed E-state index contributed by atoms with van der Waals surface area (Å²) in [6.45, 7) is 3.71. The summed E-state index contributed by atoms with van der Waals surface area (Å²) in [5.74, 6) is -0.846. The lowest BCUT2D eigenvalue weighted by Gasteiger charge is -2.32. The average molecular weight is 276 g/mol. The molecular formula is C15H20N2O3. The van der Waals surface area contributed by atoms with Gasteiger partial charge >= 0.3 is 5.97 Å². The number of anilines is 1. The van der Waals surface area contributed by atoms with E-state index >= 15 is 0 Å². The molecule has 1 aromatic carbocycles. The van der Waals surface area contributed by atoms with Crippen LogP contribution in [0, 0.1) is 0 Å². The van der Waals surface area contributed by atoms with Crippen LogP contribution >= 0.6 is 0 Å². The lowest BCUT2D eigenvalue weighted by atomic mass is 9.96. The van der Waals surface area contributed by atoms with E-state index in [4.69, 9.17) is 0 Å². The first-order valence-electron chi connectivity index (χ1n) is 6.88. The van der Waals surface area contributed by atoms with Crippen molar-refractivity contribution in [3.05, 3.63) is 29.3 Å². The molecule has 1 aliphatic heterocycles. The van der Waals surface area contributed by atoms with Crippen LogP contribution in [0.1, 0.15) is 29.3 Å². The summed E-state index contributed by atoms with van der Waals surface area (Å²) in [6.07, 6.45) is 1.63. The van der Waals surface area contributed by atoms with Crippen LogP contribution in [0.3, 0.4) is 0 Å². The van der Waals surface area contributed by atoms with E-state index in [0.29, 0.717) is 18.7 Å². The molecule has 0 atom stereocenters. The average Bonchev–Trinajstić information content (AvgIpc) is 2.45. The molecule has 1 aromatic rings. The van der Waals surface area contributed by atoms with Gasteiger partial charge in [-0.05, 0) is 37.5 Å². The molecule has 0 spiro atoms. The highest BCUT2D eigenvalue weighted by atomic mass is 16.4. The Morgan fingerprint density at radius 3 is 2.80 bits per heavy atom. The highest BCUT2D eigenvalue weighted by molar-refractivity contribution is 5.92. The number of aromatic carboxylic acids is 1. The van der Waals surface area contributed by atoms with Crippen LogP contribution in [0.25, 0.3) is 0 Å². The molecule has 108 valence electrons. The van der Waals surface area contributed by atoms with E-state index in [2.05, 4.69) is 0 Å². The van der Waals surface area contributed by atoms with Gasteiger partial charge in [0.05, 0.1) is 12.1 Å². The highest BCUT2D eigenvalue weighted by Crippen LogP contribution is 2.29. The van der Waals surface area contributed by atoms with Gasteiger partial charge in [-0.25, -0.2) is 4.79 Å². The number of likely N-dealkylation sites (N-methyl/N-ethyl adjacent to an activating group) is 1. The molecule has 0 fully saturated rings. The maximum Gasteiger partial charge on any atom is 0.336 e. The smallest absolute Gasteiger partial charge is 0.336 e. The molecule has 5 heteroatoms. The Bertz CT molecular complexity index is 528. The summed E-state index contributed by atoms with van der Waals surface area (Å²) >= 11 is 0. The third-order valence-electron chi connectivity index (χ3n) is 3.80. The van der Waals surface area contributed by atoms with Gasteiger partial charge in [-0.1, -0.05) is 6.07 Å². The van der Waals surface area contributed by atoms with E-state index in [9.17, 15) is 14.7 Å². The van der Waals surface area contributed by atoms with Crippen molar-refractivity contribution in [3.63, 3.8) is 0 Å². The number of carbonyl (C=O) groups excluding carboxylic acids is 1. The maximum absolute atomic E-state index is 12.0. The van der Waals surface area contributed by atoms with Crippen LogP contribution in [0.15, 0.2) is 18.2 Å². The Balaban J connectivity index is 2.27. The summed E-state index contributed by atoms with van der Waals surface area (Å²) in [7, 11) is 1.78. The molecule has 1 heterocycles. The van der Waals surface area contributed by atoms with Gasteiger partial charge < -0.3 is 14.9 Å². The molecule has 0 unspecified atom stereocenters. The van der Waals surface area contributed by atoms with Gasteiger partial charge in [-0.3, -0.25) is 4.79 Å². The van der Waals surface area contributed by atoms with Crippen molar-refractivity contribution in [1.29, 1.82) is 0 Å². The van der Waals surface area contributed by atoms with Gasteiger partial charge in [0.1, 0.15) is 0 Å². The van der Waals surface area contributed by atoms with Crippen molar-refractivity contribution in [3.8, 4) is 0 Å². The monoisotopic (exact) mass is 276 g/mol. The van der Waals surface area contributed by atoms with E-state index in [-0.39, 0.29) is 5.91 Å². The van der Waals surface area contributed by atoms with Gasteiger partial charge in [-0.15, -0.1) is 0 Å². The minimum Gasteiger partial charge on any atom is -0.478 e. The van der Waals surface area contributed by atoms with Crippen molar-refractivity contribution in [2.45, 2.75) is 19.8 Å². The third kappa shape index (κ3) is 2.76. The number of carboxylic acids is 1. The maximum atomic E-state index is 12.0. The SMILES string of the molecule is CCN(C)C(=O)CN1CCCc2c(C(=O)O)cccc21. The Morgan fingerprint density at radius 1 is 1.40 bits per heavy atom. The molecule has 0 bridgehead atoms. The molecule has 0 radical (unpaired) electrons. The molecule has 0 aromatic heterocycles. The van der Waals surface area contributed by atoms with E-state index in [1.54, 1.807) is 24.1 Å². The number of nitrogens with zero attached hydrogens (tertiary/aromatic N) is 2. The van der Waals surface area contributed by atoms with Crippen LogP contribution in [0.4, 0.5) is 5.69 Å². The molecule has 0 saturated heterocycles. The van der Waals surface area contributed by atoms with Gasteiger partial charge in [0.15, 0.2) is 0 Å². The summed E-state index contributed by atoms with van der Waals surface area (Å²) in [5.41, 5.74) is 2.08. The lowest BCUT2D eigenvalue weighted by Crippen LogP contribution is -2.40. The van der Waals surface area contributed by atoms with Crippen LogP contribution in [-0.4, -0.2) is 48.6 Å². The number of hydrogen-bond acceptors (Lipinski definition) is 3. The fraction of sp³-hybridized carbons (Fsp3) is 0.467. The predicted molar refractivity (Wildman–Crippen MR) is 77.2 cm³/mol. The van der Waals surface area contributed by atoms with Crippen molar-refractivity contribution in [2.24, 2.45) is 0 Å². The van der Waals surface area contributed by atoms with Crippen molar-refractivity contribution in [2.75, 3.05) is 31.6 Å². The second-order valence-corrected chi connectivity index (χ2v) is 5.04. The Hall–Kier alpha value is -2.04. The Kier molecular flexibility index (Phi) is 4.27. The predicted octanol–water partition coefficient (Wildman–Crippen LogP) is 1.62. The van der Waals surface area contributed by atoms with Crippen LogP contribution in [0.5, 0.6) is 0 Å². The number of benzene rings is 1. The number of carbonyl (C=O) groups is 2. The normalized spacial score (nSPS) is 13.8. The molecule has 1 amide bonds. The quantitative estimate of drug-likeness (QED) is 0.907. The van der Waals surface area contributed by atoms with Gasteiger partial charge in [-0.2, -0.15) is 0 Å². The Labute approximate surface area is 118 Å². The topological polar surface area (TPSA) is 60.9 Å². The van der Waals surface area contributed by atoms with Crippen molar-refractivity contribution in [1.82, 2.24) is 4.90 Å². The summed E-state index contributed by atoms with van der Waals surface area (Å²) in [6, 6.07) is 5.28. The molecule has 0 saturated carbocycles. The van der Waals surface area contributed by atoms with E-state index in [1.165, 1.54) is 0 Å². The van der Waals surface area contributed by atoms with Gasteiger partial charge in [0.2, 0.25) is 5.91 Å². The number of fused-ring (bicyclic) bond motifs is 1. The first kappa shape index (κ1) is 14.4. The molecule has 0 aliphatic carbocycles. The number of carboxylic acid groups (broad SMARTS) is 1. The van der Waals surface area contributed by atoms with E-state index in [1.807, 2.05) is 17.9 Å². The summed E-state index contributed by atoms with van der Waals surface area (Å²) in [5, 5.41) is 9.24. The van der Waals surface area contributed by atoms with Crippen molar-refractivity contribution < 1.29 is 14.7 Å². The molecule has 5 nitrogen and oxygen atoms in total. The minimum atomic E-state index is -0.902. The molecule has 20 heavy (non-hydrogen) atoms. The zero-order valence-corrected chi connectivity index (χ0v) is 11.9. The number of amides is 1. The number of rotatable bonds is 4. The van der Waals surface area contributed by atoms with Gasteiger partial charge in [0, 0.05) is 25.8 Å². The lowest BCUT2D eigenvalue weighted by molar-refractivity contribution is -0.128. The standard InChI is InChI=1S/C15H20N2O3/c1-3-16(2)14(18)10-17-9-5-7-11-12(15(19)20)6-4-8-13(11)17/h4,6,8H,3,5,7,9-10H2,1-2H3,(H,19,20). The first-order chi connectivity index (χ1) is 9.54. The highest BCUT2D eigenvalue weighted by Gasteiger charge is 2.23. The van der Waals surface area contributed by atoms with Crippen LogP contribution < -0.4 is 4.90 Å². The second-order valence-electron chi connectivity index (χ2n) is 5.04. The molecule has 1 N–H and O–H groups in total. The van der Waals surface area contributed by atoms with Crippen LogP contribution in [-0.2, 0) is 11.2 Å². The zero-order valence-electron chi connectivity index (χ0n) is 11.9. The fourth-order valence-electron chi connectivity index (χ4n) is 2.53. The largest absolute Gasteiger partial charge is 0.478 e. The zero-order chi connectivity index (χ0) is 14.7. The molecular weight excluding hydrogens is 256 g/mol. The van der Waals surface area contributed by atoms with E-state index in [0.717, 1.165) is 30.6 Å². The summed E-state index contributed by atoms with van der Waals surface area (Å²) < 4.78 is 0. The van der Waals surface area contributed by atoms with Gasteiger partial charge in [0.25, 0.3) is 0 Å². The Morgan fingerprint density at radius 2 is 2.15 bits per heavy atom. The van der Waals surface area contributed by atoms with E-state index < -0.39 is 5.97 Å². The van der Waals surface area contributed by atoms with Crippen molar-refractivity contribution >= 4 is 17.6 Å². The minimum absolute atomic E-state index is 0.0566. The third-order valence-corrected chi connectivity index (χ3v) is 3.80. The summed E-state index contributed by atoms with van der Waals surface area (Å²) in [4.78, 5) is 27.0. The number of hydrogen-bond donors (Lipinski definition) is 1. The fourth-order valence-corrected chi connectivity index (χ4v) is 2.53. The van der Waals surface area contributed by atoms with Crippen LogP contribution in [0.2, 0.25) is 0 Å². The second kappa shape index (κ2) is 5.94.